The van der Waals surface area contributed by atoms with Crippen molar-refractivity contribution >= 4 is 29.3 Å². The zero-order valence-corrected chi connectivity index (χ0v) is 11.6. The summed E-state index contributed by atoms with van der Waals surface area (Å²) in [5.41, 5.74) is 0.582. The lowest BCUT2D eigenvalue weighted by Gasteiger charge is -2.27. The van der Waals surface area contributed by atoms with Crippen molar-refractivity contribution < 1.29 is 14.7 Å². The summed E-state index contributed by atoms with van der Waals surface area (Å²) in [6.07, 6.45) is -0.0865. The van der Waals surface area contributed by atoms with E-state index in [4.69, 9.17) is 16.7 Å². The molecule has 1 atom stereocenters. The van der Waals surface area contributed by atoms with Gasteiger partial charge in [0, 0.05) is 23.3 Å². The summed E-state index contributed by atoms with van der Waals surface area (Å²) in [6.45, 7) is 3.94. The van der Waals surface area contributed by atoms with E-state index >= 15 is 0 Å². The van der Waals surface area contributed by atoms with Crippen molar-refractivity contribution in [1.29, 1.82) is 0 Å². The zero-order valence-electron chi connectivity index (χ0n) is 10.9. The molecule has 0 fully saturated rings. The van der Waals surface area contributed by atoms with Crippen molar-refractivity contribution in [1.82, 2.24) is 4.90 Å². The molecule has 0 aliphatic heterocycles. The fraction of sp³-hybridized carbons (Fsp3) is 0.385. The van der Waals surface area contributed by atoms with Gasteiger partial charge < -0.3 is 15.3 Å². The van der Waals surface area contributed by atoms with Crippen molar-refractivity contribution in [2.45, 2.75) is 26.3 Å². The average molecular weight is 285 g/mol. The predicted molar refractivity (Wildman–Crippen MR) is 74.6 cm³/mol. The normalized spacial score (nSPS) is 11.7. The Labute approximate surface area is 117 Å². The third-order valence-electron chi connectivity index (χ3n) is 2.68. The third kappa shape index (κ3) is 4.79. The minimum absolute atomic E-state index is 0.0865. The number of anilines is 1. The maximum absolute atomic E-state index is 12.1. The first kappa shape index (κ1) is 15.3. The van der Waals surface area contributed by atoms with Gasteiger partial charge in [0.05, 0.1) is 6.42 Å². The minimum atomic E-state index is -0.929. The quantitative estimate of drug-likeness (QED) is 0.873. The minimum Gasteiger partial charge on any atom is -0.481 e. The second kappa shape index (κ2) is 6.99. The number of halogens is 1. The van der Waals surface area contributed by atoms with Crippen molar-refractivity contribution in [3.63, 3.8) is 0 Å². The van der Waals surface area contributed by atoms with Crippen LogP contribution in [0.15, 0.2) is 24.3 Å². The Kier molecular flexibility index (Phi) is 5.63. The summed E-state index contributed by atoms with van der Waals surface area (Å²) in [4.78, 5) is 24.2. The van der Waals surface area contributed by atoms with E-state index in [1.54, 1.807) is 38.1 Å². The van der Waals surface area contributed by atoms with Crippen LogP contribution in [0.25, 0.3) is 0 Å². The summed E-state index contributed by atoms with van der Waals surface area (Å²) in [7, 11) is 0. The van der Waals surface area contributed by atoms with Gasteiger partial charge in [-0.1, -0.05) is 17.7 Å². The number of carboxylic acid groups (broad SMARTS) is 1. The number of nitrogens with zero attached hydrogens (tertiary/aromatic N) is 1. The summed E-state index contributed by atoms with van der Waals surface area (Å²) < 4.78 is 0. The van der Waals surface area contributed by atoms with E-state index in [0.29, 0.717) is 17.3 Å². The first-order valence-corrected chi connectivity index (χ1v) is 6.36. The van der Waals surface area contributed by atoms with Crippen LogP contribution in [0.5, 0.6) is 0 Å². The summed E-state index contributed by atoms with van der Waals surface area (Å²) in [6, 6.07) is 6.09. The Morgan fingerprint density at radius 3 is 2.68 bits per heavy atom. The molecule has 0 radical (unpaired) electrons. The van der Waals surface area contributed by atoms with Crippen LogP contribution in [0.1, 0.15) is 20.3 Å². The van der Waals surface area contributed by atoms with E-state index in [2.05, 4.69) is 5.32 Å². The van der Waals surface area contributed by atoms with E-state index in [-0.39, 0.29) is 18.5 Å². The molecular formula is C13H17ClN2O3. The molecule has 0 aliphatic rings. The molecule has 0 aliphatic carbocycles. The molecule has 19 heavy (non-hydrogen) atoms. The van der Waals surface area contributed by atoms with Gasteiger partial charge >= 0.3 is 12.0 Å². The standard InChI is InChI=1S/C13H17ClN2O3/c1-3-16(9(2)7-12(17)18)13(19)15-11-6-4-5-10(14)8-11/h4-6,8-9H,3,7H2,1-2H3,(H,15,19)(H,17,18). The smallest absolute Gasteiger partial charge is 0.322 e. The van der Waals surface area contributed by atoms with Crippen molar-refractivity contribution in [2.24, 2.45) is 0 Å². The van der Waals surface area contributed by atoms with Gasteiger partial charge in [-0.2, -0.15) is 0 Å². The van der Waals surface area contributed by atoms with Gasteiger partial charge in [0.2, 0.25) is 0 Å². The molecule has 1 aromatic rings. The molecule has 1 aromatic carbocycles. The number of amides is 2. The summed E-state index contributed by atoms with van der Waals surface area (Å²) >= 11 is 5.83. The molecule has 0 heterocycles. The number of nitrogens with one attached hydrogen (secondary N) is 1. The molecule has 1 unspecified atom stereocenters. The maximum Gasteiger partial charge on any atom is 0.322 e. The predicted octanol–water partition coefficient (Wildman–Crippen LogP) is 3.06. The Morgan fingerprint density at radius 2 is 2.16 bits per heavy atom. The van der Waals surface area contributed by atoms with Crippen LogP contribution in [0.3, 0.4) is 0 Å². The van der Waals surface area contributed by atoms with Gasteiger partial charge in [0.15, 0.2) is 0 Å². The zero-order chi connectivity index (χ0) is 14.4. The number of aliphatic carboxylic acids is 1. The Balaban J connectivity index is 2.71. The highest BCUT2D eigenvalue weighted by Gasteiger charge is 2.20. The molecule has 0 spiro atoms. The number of carboxylic acids is 1. The van der Waals surface area contributed by atoms with Crippen molar-refractivity contribution in [3.05, 3.63) is 29.3 Å². The molecular weight excluding hydrogens is 268 g/mol. The highest BCUT2D eigenvalue weighted by molar-refractivity contribution is 6.30. The number of hydrogen-bond acceptors (Lipinski definition) is 2. The van der Waals surface area contributed by atoms with E-state index in [0.717, 1.165) is 0 Å². The second-order valence-electron chi connectivity index (χ2n) is 4.17. The van der Waals surface area contributed by atoms with Crippen molar-refractivity contribution in [2.75, 3.05) is 11.9 Å². The number of carbonyl (C=O) groups excluding carboxylic acids is 1. The van der Waals surface area contributed by atoms with Crippen LogP contribution in [0.4, 0.5) is 10.5 Å². The Bertz CT molecular complexity index is 465. The number of rotatable bonds is 5. The fourth-order valence-electron chi connectivity index (χ4n) is 1.78. The highest BCUT2D eigenvalue weighted by Crippen LogP contribution is 2.16. The first-order valence-electron chi connectivity index (χ1n) is 5.99. The SMILES string of the molecule is CCN(C(=O)Nc1cccc(Cl)c1)C(C)CC(=O)O. The Hall–Kier alpha value is -1.75. The van der Waals surface area contributed by atoms with Crippen LogP contribution in [-0.2, 0) is 4.79 Å². The summed E-state index contributed by atoms with van der Waals surface area (Å²) in [5, 5.41) is 12.0. The molecule has 2 N–H and O–H groups in total. The number of benzene rings is 1. The topological polar surface area (TPSA) is 69.6 Å². The van der Waals surface area contributed by atoms with Gasteiger partial charge in [-0.25, -0.2) is 4.79 Å². The second-order valence-corrected chi connectivity index (χ2v) is 4.61. The van der Waals surface area contributed by atoms with Gasteiger partial charge in [-0.3, -0.25) is 4.79 Å². The molecule has 0 aromatic heterocycles. The monoisotopic (exact) mass is 284 g/mol. The third-order valence-corrected chi connectivity index (χ3v) is 2.91. The Morgan fingerprint density at radius 1 is 1.47 bits per heavy atom. The molecule has 104 valence electrons. The van der Waals surface area contributed by atoms with Crippen molar-refractivity contribution in [3.8, 4) is 0 Å². The van der Waals surface area contributed by atoms with E-state index in [9.17, 15) is 9.59 Å². The maximum atomic E-state index is 12.1. The van der Waals surface area contributed by atoms with Gasteiger partial charge in [0.25, 0.3) is 0 Å². The lowest BCUT2D eigenvalue weighted by atomic mass is 10.2. The average Bonchev–Trinajstić information content (AvgIpc) is 2.28. The van der Waals surface area contributed by atoms with Crippen LogP contribution >= 0.6 is 11.6 Å². The van der Waals surface area contributed by atoms with E-state index < -0.39 is 5.97 Å². The van der Waals surface area contributed by atoms with Crippen LogP contribution in [0, 0.1) is 0 Å². The molecule has 5 nitrogen and oxygen atoms in total. The number of urea groups is 1. The molecule has 1 rings (SSSR count). The molecule has 0 saturated heterocycles. The van der Waals surface area contributed by atoms with E-state index in [1.807, 2.05) is 0 Å². The summed E-state index contributed by atoms with van der Waals surface area (Å²) in [5.74, 6) is -0.929. The largest absolute Gasteiger partial charge is 0.481 e. The molecule has 2 amide bonds. The highest BCUT2D eigenvalue weighted by atomic mass is 35.5. The van der Waals surface area contributed by atoms with Crippen LogP contribution < -0.4 is 5.32 Å². The lowest BCUT2D eigenvalue weighted by Crippen LogP contribution is -2.42. The van der Waals surface area contributed by atoms with Gasteiger partial charge in [0.1, 0.15) is 0 Å². The van der Waals surface area contributed by atoms with Gasteiger partial charge in [-0.15, -0.1) is 0 Å². The number of carbonyl (C=O) groups is 2. The van der Waals surface area contributed by atoms with Crippen LogP contribution in [-0.4, -0.2) is 34.6 Å². The fourth-order valence-corrected chi connectivity index (χ4v) is 1.97. The van der Waals surface area contributed by atoms with E-state index in [1.165, 1.54) is 4.90 Å². The van der Waals surface area contributed by atoms with Gasteiger partial charge in [-0.05, 0) is 32.0 Å². The molecule has 6 heteroatoms. The number of hydrogen-bond donors (Lipinski definition) is 2. The first-order chi connectivity index (χ1) is 8.93. The van der Waals surface area contributed by atoms with Crippen LogP contribution in [0.2, 0.25) is 5.02 Å². The molecule has 0 bridgehead atoms. The lowest BCUT2D eigenvalue weighted by molar-refractivity contribution is -0.137. The molecule has 0 saturated carbocycles.